The molecule has 1 saturated heterocycles. The number of esters is 1. The molecule has 0 radical (unpaired) electrons. The first-order valence-electron chi connectivity index (χ1n) is 6.33. The molecule has 2 atom stereocenters. The number of nitrogens with one attached hydrogen (secondary N) is 1. The Labute approximate surface area is 118 Å². The van der Waals surface area contributed by atoms with Crippen molar-refractivity contribution in [3.63, 3.8) is 0 Å². The smallest absolute Gasteiger partial charge is 0.317 e. The number of rotatable bonds is 1. The molecule has 2 unspecified atom stereocenters. The molecular formula is C14H18ClNO3. The molecule has 0 saturated carbocycles. The van der Waals surface area contributed by atoms with E-state index in [2.05, 4.69) is 5.32 Å². The van der Waals surface area contributed by atoms with Crippen molar-refractivity contribution >= 4 is 18.4 Å². The monoisotopic (exact) mass is 283 g/mol. The van der Waals surface area contributed by atoms with E-state index in [0.29, 0.717) is 6.54 Å². The number of piperidine rings is 1. The van der Waals surface area contributed by atoms with Gasteiger partial charge in [-0.15, -0.1) is 12.4 Å². The molecule has 0 bridgehead atoms. The third kappa shape index (κ3) is 2.19. The third-order valence-corrected chi connectivity index (χ3v) is 3.88. The maximum absolute atomic E-state index is 12.1. The molecule has 1 N–H and O–H groups in total. The maximum Gasteiger partial charge on any atom is 0.317 e. The molecule has 0 aliphatic carbocycles. The number of hydrogen-bond donors (Lipinski definition) is 1. The van der Waals surface area contributed by atoms with Gasteiger partial charge >= 0.3 is 5.97 Å². The third-order valence-electron chi connectivity index (χ3n) is 3.88. The Bertz CT molecular complexity index is 472. The number of benzene rings is 1. The van der Waals surface area contributed by atoms with Gasteiger partial charge in [-0.3, -0.25) is 4.79 Å². The van der Waals surface area contributed by atoms with Crippen LogP contribution in [0.2, 0.25) is 0 Å². The minimum atomic E-state index is -0.463. The number of fused-ring (bicyclic) bond motifs is 1. The molecule has 2 aliphatic rings. The van der Waals surface area contributed by atoms with Gasteiger partial charge in [-0.1, -0.05) is 18.2 Å². The standard InChI is InChI=1S/C14H17NO3.ClH/c1-17-13(16)12-10-5-2-3-6-11(10)18-14(12)7-4-8-15-9-14;/h2-3,5-6,12,15H,4,7-9H2,1H3;1H. The lowest BCUT2D eigenvalue weighted by Crippen LogP contribution is -2.53. The molecule has 4 nitrogen and oxygen atoms in total. The summed E-state index contributed by atoms with van der Waals surface area (Å²) in [6.45, 7) is 1.68. The van der Waals surface area contributed by atoms with Crippen LogP contribution in [0.1, 0.15) is 24.3 Å². The van der Waals surface area contributed by atoms with Gasteiger partial charge in [-0.25, -0.2) is 0 Å². The Morgan fingerprint density at radius 3 is 2.95 bits per heavy atom. The zero-order valence-corrected chi connectivity index (χ0v) is 11.7. The molecular weight excluding hydrogens is 266 g/mol. The molecule has 19 heavy (non-hydrogen) atoms. The summed E-state index contributed by atoms with van der Waals surface area (Å²) in [7, 11) is 1.44. The normalized spacial score (nSPS) is 28.2. The molecule has 0 amide bonds. The number of methoxy groups -OCH3 is 1. The molecule has 5 heteroatoms. The lowest BCUT2D eigenvalue weighted by molar-refractivity contribution is -0.147. The summed E-state index contributed by atoms with van der Waals surface area (Å²) < 4.78 is 11.1. The van der Waals surface area contributed by atoms with Gasteiger partial charge in [0, 0.05) is 12.1 Å². The summed E-state index contributed by atoms with van der Waals surface area (Å²) in [5.41, 5.74) is 0.489. The number of halogens is 1. The van der Waals surface area contributed by atoms with Gasteiger partial charge in [0.25, 0.3) is 0 Å². The van der Waals surface area contributed by atoms with Crippen LogP contribution in [0.15, 0.2) is 24.3 Å². The van der Waals surface area contributed by atoms with Crippen LogP contribution in [0.4, 0.5) is 0 Å². The van der Waals surface area contributed by atoms with Crippen LogP contribution in [0, 0.1) is 0 Å². The van der Waals surface area contributed by atoms with Gasteiger partial charge in [0.2, 0.25) is 0 Å². The van der Waals surface area contributed by atoms with Crippen molar-refractivity contribution in [2.24, 2.45) is 0 Å². The Morgan fingerprint density at radius 1 is 1.47 bits per heavy atom. The predicted octanol–water partition coefficient (Wildman–Crippen LogP) is 1.88. The number of para-hydroxylation sites is 1. The van der Waals surface area contributed by atoms with Gasteiger partial charge < -0.3 is 14.8 Å². The van der Waals surface area contributed by atoms with Crippen molar-refractivity contribution in [2.45, 2.75) is 24.4 Å². The zero-order valence-electron chi connectivity index (χ0n) is 10.8. The van der Waals surface area contributed by atoms with Crippen LogP contribution < -0.4 is 10.1 Å². The first-order valence-corrected chi connectivity index (χ1v) is 6.33. The Balaban J connectivity index is 0.00000133. The molecule has 1 aromatic rings. The fourth-order valence-electron chi connectivity index (χ4n) is 3.07. The molecule has 1 fully saturated rings. The van der Waals surface area contributed by atoms with Crippen LogP contribution in [-0.4, -0.2) is 31.8 Å². The summed E-state index contributed by atoms with van der Waals surface area (Å²) >= 11 is 0. The first-order chi connectivity index (χ1) is 8.77. The average molecular weight is 284 g/mol. The minimum absolute atomic E-state index is 0. The molecule has 104 valence electrons. The van der Waals surface area contributed by atoms with Gasteiger partial charge in [0.05, 0.1) is 7.11 Å². The lowest BCUT2D eigenvalue weighted by atomic mass is 9.79. The van der Waals surface area contributed by atoms with Crippen molar-refractivity contribution < 1.29 is 14.3 Å². The van der Waals surface area contributed by atoms with Crippen LogP contribution in [-0.2, 0) is 9.53 Å². The van der Waals surface area contributed by atoms with Crippen LogP contribution >= 0.6 is 12.4 Å². The van der Waals surface area contributed by atoms with Crippen molar-refractivity contribution in [2.75, 3.05) is 20.2 Å². The Hall–Kier alpha value is -1.26. The Morgan fingerprint density at radius 2 is 2.26 bits per heavy atom. The van der Waals surface area contributed by atoms with Crippen molar-refractivity contribution in [1.29, 1.82) is 0 Å². The second-order valence-corrected chi connectivity index (χ2v) is 4.94. The lowest BCUT2D eigenvalue weighted by Gasteiger charge is -2.36. The summed E-state index contributed by atoms with van der Waals surface area (Å²) in [6.07, 6.45) is 1.90. The van der Waals surface area contributed by atoms with Crippen molar-refractivity contribution in [3.05, 3.63) is 29.8 Å². The van der Waals surface area contributed by atoms with E-state index >= 15 is 0 Å². The van der Waals surface area contributed by atoms with Gasteiger partial charge in [0.15, 0.2) is 0 Å². The zero-order chi connectivity index (χ0) is 12.6. The largest absolute Gasteiger partial charge is 0.484 e. The van der Waals surface area contributed by atoms with E-state index < -0.39 is 5.60 Å². The van der Waals surface area contributed by atoms with Gasteiger partial charge in [0.1, 0.15) is 17.3 Å². The topological polar surface area (TPSA) is 47.6 Å². The first kappa shape index (κ1) is 14.2. The van der Waals surface area contributed by atoms with Crippen LogP contribution in [0.5, 0.6) is 5.75 Å². The summed E-state index contributed by atoms with van der Waals surface area (Å²) in [5.74, 6) is 0.298. The van der Waals surface area contributed by atoms with Gasteiger partial charge in [-0.05, 0) is 25.5 Å². The highest BCUT2D eigenvalue weighted by Gasteiger charge is 2.53. The minimum Gasteiger partial charge on any atom is -0.484 e. The summed E-state index contributed by atoms with van der Waals surface area (Å²) in [6, 6.07) is 7.75. The molecule has 1 spiro atoms. The van der Waals surface area contributed by atoms with E-state index in [-0.39, 0.29) is 24.3 Å². The molecule has 2 heterocycles. The van der Waals surface area contributed by atoms with E-state index in [4.69, 9.17) is 9.47 Å². The number of ether oxygens (including phenoxy) is 2. The SMILES string of the molecule is COC(=O)C1c2ccccc2OC12CCCNC2.Cl. The molecule has 1 aromatic carbocycles. The van der Waals surface area contributed by atoms with E-state index in [0.717, 1.165) is 30.7 Å². The van der Waals surface area contributed by atoms with Crippen LogP contribution in [0.3, 0.4) is 0 Å². The van der Waals surface area contributed by atoms with Crippen molar-refractivity contribution in [1.82, 2.24) is 5.32 Å². The summed E-state index contributed by atoms with van der Waals surface area (Å²) in [5, 5.41) is 3.33. The van der Waals surface area contributed by atoms with E-state index in [1.54, 1.807) is 0 Å². The second kappa shape index (κ2) is 5.39. The molecule has 3 rings (SSSR count). The molecule has 2 aliphatic heterocycles. The van der Waals surface area contributed by atoms with E-state index in [9.17, 15) is 4.79 Å². The highest BCUT2D eigenvalue weighted by Crippen LogP contribution is 2.48. The predicted molar refractivity (Wildman–Crippen MR) is 73.9 cm³/mol. The van der Waals surface area contributed by atoms with E-state index in [1.807, 2.05) is 24.3 Å². The molecule has 0 aromatic heterocycles. The number of carbonyl (C=O) groups excluding carboxylic acids is 1. The van der Waals surface area contributed by atoms with Gasteiger partial charge in [-0.2, -0.15) is 0 Å². The van der Waals surface area contributed by atoms with Crippen molar-refractivity contribution in [3.8, 4) is 5.75 Å². The maximum atomic E-state index is 12.1. The summed E-state index contributed by atoms with van der Waals surface area (Å²) in [4.78, 5) is 12.1. The fraction of sp³-hybridized carbons (Fsp3) is 0.500. The number of hydrogen-bond acceptors (Lipinski definition) is 4. The second-order valence-electron chi connectivity index (χ2n) is 4.94. The highest BCUT2D eigenvalue weighted by molar-refractivity contribution is 5.85. The Kier molecular flexibility index (Phi) is 4.02. The van der Waals surface area contributed by atoms with Crippen LogP contribution in [0.25, 0.3) is 0 Å². The van der Waals surface area contributed by atoms with E-state index in [1.165, 1.54) is 7.11 Å². The average Bonchev–Trinajstić information content (AvgIpc) is 2.72. The number of carbonyl (C=O) groups is 1. The quantitative estimate of drug-likeness (QED) is 0.800. The highest BCUT2D eigenvalue weighted by atomic mass is 35.5. The fourth-order valence-corrected chi connectivity index (χ4v) is 3.07.